The predicted octanol–water partition coefficient (Wildman–Crippen LogP) is 9.37. The van der Waals surface area contributed by atoms with Crippen molar-refractivity contribution in [3.8, 4) is 0 Å². The molecular formula is C43H89Br2Cl2NO11Si10. The van der Waals surface area contributed by atoms with E-state index < -0.39 is 92.9 Å². The summed E-state index contributed by atoms with van der Waals surface area (Å²) in [4.78, 5) is 28.1. The molecule has 3 rings (SSSR count). The van der Waals surface area contributed by atoms with Crippen molar-refractivity contribution in [2.24, 2.45) is 5.73 Å². The van der Waals surface area contributed by atoms with Crippen LogP contribution in [0.4, 0.5) is 0 Å². The van der Waals surface area contributed by atoms with Crippen molar-refractivity contribution in [1.29, 1.82) is 0 Å². The van der Waals surface area contributed by atoms with E-state index >= 15 is 0 Å². The Balaban J connectivity index is -0.000000233. The summed E-state index contributed by atoms with van der Waals surface area (Å²) in [7, 11) is -10.8. The van der Waals surface area contributed by atoms with Gasteiger partial charge in [0.05, 0.1) is 16.1 Å². The van der Waals surface area contributed by atoms with Crippen molar-refractivity contribution < 1.29 is 50.3 Å². The first-order valence-corrected chi connectivity index (χ1v) is 54.0. The largest absolute Gasteiger partial charge is 0.481 e. The minimum absolute atomic E-state index is 0.234. The van der Waals surface area contributed by atoms with Gasteiger partial charge in [0, 0.05) is 20.2 Å². The number of aliphatic carboxylic acids is 3. The Bertz CT molecular complexity index is 1600. The number of hydrogen-bond donors (Lipinski definition) is 4. The predicted molar refractivity (Wildman–Crippen MR) is 332 cm³/mol. The Kier molecular flexibility index (Phi) is 50.5. The third-order valence-electron chi connectivity index (χ3n) is 6.46. The highest BCUT2D eigenvalue weighted by Crippen LogP contribution is 2.23. The van der Waals surface area contributed by atoms with Crippen molar-refractivity contribution in [1.82, 2.24) is 0 Å². The number of benzene rings is 3. The molecule has 3 aromatic carbocycles. The highest BCUT2D eigenvalue weighted by atomic mass is 79.9. The van der Waals surface area contributed by atoms with Crippen LogP contribution in [0, 0.1) is 0 Å². The standard InChI is InChI=1S/C12H12Si.C8H8Br2.C6H18Cl2O2Si3.C6H20O2Si3.C4H14OSi2.C3H4O4.C2H5NO2.C2H8Si/c1-3-7-11(8-4-1)13-12-9-5-2-6-10-12;9-5-7-1-2-8(6-10)4-3-7;1-11(2,7)9-13(5,6)10-12(3,4)8;1-9(2)7-11(5,6)8-10(3)4;1-6(2)5-7(3)4;4-2(5)1-3(6)7;3-1-2(4)5;1-3-2/h1-10H,13H2;1-4H,5-6H2;1-6H3;9-10H,1-6H3;6-7H,1-4H3;1H2,(H,4,5)(H,6,7);1,3H2,(H,4,5);3H2,1-2H3. The summed E-state index contributed by atoms with van der Waals surface area (Å²) in [5.41, 5.74) is 7.22. The molecule has 0 saturated carbocycles. The monoisotopic (exact) mass is 1300 g/mol. The molecule has 0 saturated heterocycles. The zero-order chi connectivity index (χ0) is 55.0. The fraction of sp³-hybridized carbons (Fsp3) is 0.512. The number of halogens is 4. The highest BCUT2D eigenvalue weighted by Gasteiger charge is 2.38. The molecule has 0 radical (unpaired) electrons. The number of hydrogen-bond acceptors (Lipinski definition) is 9. The van der Waals surface area contributed by atoms with Crippen LogP contribution in [-0.2, 0) is 45.6 Å². The van der Waals surface area contributed by atoms with Gasteiger partial charge in [-0.2, -0.15) is 0 Å². The first kappa shape index (κ1) is 77.4. The van der Waals surface area contributed by atoms with Crippen molar-refractivity contribution in [3.05, 3.63) is 96.1 Å². The Hall–Kier alpha value is -0.461. The summed E-state index contributed by atoms with van der Waals surface area (Å²) in [5, 5.41) is 27.9. The van der Waals surface area contributed by atoms with Gasteiger partial charge >= 0.3 is 35.0 Å². The van der Waals surface area contributed by atoms with Gasteiger partial charge in [0.2, 0.25) is 0 Å². The highest BCUT2D eigenvalue weighted by molar-refractivity contribution is 9.08. The maximum atomic E-state index is 9.43. The zero-order valence-electron chi connectivity index (χ0n) is 44.8. The van der Waals surface area contributed by atoms with Gasteiger partial charge in [-0.15, -0.1) is 22.2 Å². The van der Waals surface area contributed by atoms with Gasteiger partial charge in [0.25, 0.3) is 15.3 Å². The van der Waals surface area contributed by atoms with E-state index in [-0.39, 0.29) is 16.1 Å². The number of rotatable bonds is 17. The number of nitrogens with two attached hydrogens (primary N) is 1. The minimum Gasteiger partial charge on any atom is -0.481 e. The van der Waals surface area contributed by atoms with E-state index in [1.54, 1.807) is 0 Å². The summed E-state index contributed by atoms with van der Waals surface area (Å²) in [6.45, 7) is 37.9. The molecule has 26 heteroatoms. The quantitative estimate of drug-likeness (QED) is 0.0436. The summed E-state index contributed by atoms with van der Waals surface area (Å²) in [5.74, 6) is -3.59. The summed E-state index contributed by atoms with van der Waals surface area (Å²) in [6.07, 6.45) is -0.806. The van der Waals surface area contributed by atoms with Crippen LogP contribution in [0.3, 0.4) is 0 Å². The van der Waals surface area contributed by atoms with Crippen LogP contribution in [0.15, 0.2) is 84.9 Å². The fourth-order valence-electron chi connectivity index (χ4n) is 5.17. The number of carboxylic acids is 3. The Labute approximate surface area is 459 Å². The lowest BCUT2D eigenvalue weighted by Crippen LogP contribution is -2.48. The molecular weight excluding hydrogens is 1220 g/mol. The molecule has 69 heavy (non-hydrogen) atoms. The van der Waals surface area contributed by atoms with Crippen molar-refractivity contribution in [3.63, 3.8) is 0 Å². The molecule has 0 aliphatic carbocycles. The lowest BCUT2D eigenvalue weighted by atomic mass is 10.2. The Morgan fingerprint density at radius 2 is 0.826 bits per heavy atom. The Morgan fingerprint density at radius 3 is 0.986 bits per heavy atom. The molecule has 5 N–H and O–H groups in total. The van der Waals surface area contributed by atoms with Gasteiger partial charge in [-0.1, -0.05) is 140 Å². The van der Waals surface area contributed by atoms with E-state index in [0.717, 1.165) is 10.7 Å². The van der Waals surface area contributed by atoms with Gasteiger partial charge in [-0.3, -0.25) is 14.4 Å². The van der Waals surface area contributed by atoms with Gasteiger partial charge in [-0.05, 0) is 116 Å². The molecule has 0 unspecified atom stereocenters. The Morgan fingerprint density at radius 1 is 0.551 bits per heavy atom. The lowest BCUT2D eigenvalue weighted by molar-refractivity contribution is -0.147. The van der Waals surface area contributed by atoms with Crippen molar-refractivity contribution in [2.75, 3.05) is 6.54 Å². The van der Waals surface area contributed by atoms with E-state index in [2.05, 4.69) is 201 Å². The van der Waals surface area contributed by atoms with Crippen LogP contribution in [0.25, 0.3) is 0 Å². The molecule has 0 aromatic heterocycles. The molecule has 0 aliphatic rings. The average Bonchev–Trinajstić information content (AvgIpc) is 3.16. The second kappa shape index (κ2) is 45.0. The second-order valence-electron chi connectivity index (χ2n) is 17.8. The van der Waals surface area contributed by atoms with Gasteiger partial charge in [0.15, 0.2) is 36.2 Å². The van der Waals surface area contributed by atoms with Crippen LogP contribution in [0.2, 0.25) is 118 Å². The first-order chi connectivity index (χ1) is 31.5. The molecule has 0 heterocycles. The average molecular weight is 1310 g/mol. The van der Waals surface area contributed by atoms with E-state index in [0.29, 0.717) is 9.52 Å². The first-order valence-electron chi connectivity index (χ1n) is 22.9. The van der Waals surface area contributed by atoms with Crippen molar-refractivity contribution >= 4 is 170 Å². The van der Waals surface area contributed by atoms with Gasteiger partial charge in [-0.25, -0.2) is 0 Å². The fourth-order valence-corrected chi connectivity index (χ4v) is 34.8. The molecule has 0 spiro atoms. The third-order valence-corrected chi connectivity index (χ3v) is 31.4. The SMILES string of the molecule is BrCc1ccc(CBr)cc1.C[SiH2]C.C[SiH](C)O[SiH](C)C.C[SiH](C)O[Si](C)(C)O[SiH](C)C.C[Si](C)(Cl)O[Si](C)(C)O[Si](C)(C)Cl.NCC(=O)O.O=C(O)CC(=O)O.c1ccc([SiH2]c2ccccc2)cc1. The maximum Gasteiger partial charge on any atom is 0.317 e. The van der Waals surface area contributed by atoms with Gasteiger partial charge in [0.1, 0.15) is 6.42 Å². The number of carbonyl (C=O) groups is 3. The molecule has 400 valence electrons. The molecule has 0 atom stereocenters. The van der Waals surface area contributed by atoms with Crippen LogP contribution in [0.5, 0.6) is 0 Å². The van der Waals surface area contributed by atoms with Crippen LogP contribution < -0.4 is 16.1 Å². The van der Waals surface area contributed by atoms with Crippen molar-refractivity contribution in [2.45, 2.75) is 135 Å². The lowest BCUT2D eigenvalue weighted by Gasteiger charge is -2.33. The van der Waals surface area contributed by atoms with E-state index in [1.165, 1.54) is 21.5 Å². The minimum atomic E-state index is -2.11. The van der Waals surface area contributed by atoms with Crippen LogP contribution in [-0.4, -0.2) is 127 Å². The summed E-state index contributed by atoms with van der Waals surface area (Å²) in [6, 6.07) is 30.0. The van der Waals surface area contributed by atoms with E-state index in [1.807, 2.05) is 39.3 Å². The maximum absolute atomic E-state index is 9.43. The normalized spacial score (nSPS) is 10.9. The summed E-state index contributed by atoms with van der Waals surface area (Å²) >= 11 is 19.0. The molecule has 3 aromatic rings. The number of carboxylic acid groups (broad SMARTS) is 3. The zero-order valence-corrected chi connectivity index (χ0v) is 61.0. The van der Waals surface area contributed by atoms with E-state index in [4.69, 9.17) is 58.1 Å². The molecule has 0 fully saturated rings. The smallest absolute Gasteiger partial charge is 0.317 e. The second-order valence-corrected chi connectivity index (χ2v) is 51.8. The molecule has 12 nitrogen and oxygen atoms in total. The topological polar surface area (TPSA) is 184 Å². The molecule has 0 amide bonds. The third kappa shape index (κ3) is 67.5. The summed E-state index contributed by atoms with van der Waals surface area (Å²) < 4.78 is 28.8. The molecule has 0 bridgehead atoms. The number of alkyl halides is 2. The van der Waals surface area contributed by atoms with Crippen LogP contribution in [0.1, 0.15) is 17.5 Å². The van der Waals surface area contributed by atoms with Crippen LogP contribution >= 0.6 is 54.0 Å². The van der Waals surface area contributed by atoms with Gasteiger partial charge < -0.3 is 41.6 Å². The van der Waals surface area contributed by atoms with E-state index in [9.17, 15) is 14.4 Å². The molecule has 0 aliphatic heterocycles.